The van der Waals surface area contributed by atoms with Gasteiger partial charge in [0, 0.05) is 40.8 Å². The molecule has 6 rings (SSSR count). The number of likely N-dealkylation sites (tertiary alicyclic amines) is 1. The average molecular weight is 633 g/mol. The molecule has 3 aliphatic rings. The number of methoxy groups -OCH3 is 1. The summed E-state index contributed by atoms with van der Waals surface area (Å²) in [6.45, 7) is 4.69. The molecule has 44 heavy (non-hydrogen) atoms. The maximum atomic E-state index is 11.9. The van der Waals surface area contributed by atoms with Gasteiger partial charge >= 0.3 is 0 Å². The zero-order chi connectivity index (χ0) is 30.7. The number of hydrogen-bond acceptors (Lipinski definition) is 9. The second kappa shape index (κ2) is 13.0. The first kappa shape index (κ1) is 30.7. The third-order valence-corrected chi connectivity index (χ3v) is 11.8. The molecule has 2 saturated heterocycles. The largest absolute Gasteiger partial charge is 0.495 e. The summed E-state index contributed by atoms with van der Waals surface area (Å²) < 4.78 is 35.8. The molecule has 2 aromatic carbocycles. The van der Waals surface area contributed by atoms with Crippen LogP contribution in [-0.4, -0.2) is 71.6 Å². The number of nitrogens with zero attached hydrogens (tertiary/aromatic N) is 2. The molecular formula is C34H40N4O4S2. The molecule has 0 bridgehead atoms. The van der Waals surface area contributed by atoms with E-state index in [4.69, 9.17) is 9.47 Å². The Bertz CT molecular complexity index is 1710. The molecule has 0 unspecified atom stereocenters. The fraction of sp³-hybridized carbons (Fsp3) is 0.500. The van der Waals surface area contributed by atoms with Crippen LogP contribution >= 0.6 is 11.3 Å². The van der Waals surface area contributed by atoms with Crippen molar-refractivity contribution < 1.29 is 17.9 Å². The van der Waals surface area contributed by atoms with Gasteiger partial charge in [-0.05, 0) is 69.8 Å². The monoisotopic (exact) mass is 632 g/mol. The van der Waals surface area contributed by atoms with Crippen molar-refractivity contribution >= 4 is 42.6 Å². The standard InChI is InChI=1S/C34H40N4O4S2/c1-41-31-21-26(44(2,39)40)12-13-29(31)36-18-4-7-32-27(14-17-35)28-5-3-6-30(33(28)43-32)37-24-8-10-25(11-9-24)38-19-15-34(16-20-38)22-42-23-34/h3,5-6,12-13,21,24-25,36-37H,8-11,14-16,18-20,22-23H2,1-2H3. The summed E-state index contributed by atoms with van der Waals surface area (Å²) in [7, 11) is -1.82. The van der Waals surface area contributed by atoms with Crippen LogP contribution in [0.25, 0.3) is 10.1 Å². The van der Waals surface area contributed by atoms with Gasteiger partial charge in [0.2, 0.25) is 0 Å². The Morgan fingerprint density at radius 3 is 2.55 bits per heavy atom. The van der Waals surface area contributed by atoms with Crippen molar-refractivity contribution in [1.29, 1.82) is 5.26 Å². The third kappa shape index (κ3) is 6.55. The number of benzene rings is 2. The van der Waals surface area contributed by atoms with Gasteiger partial charge in [-0.1, -0.05) is 24.0 Å². The van der Waals surface area contributed by atoms with E-state index in [2.05, 4.69) is 51.6 Å². The van der Waals surface area contributed by atoms with Crippen molar-refractivity contribution in [3.8, 4) is 23.7 Å². The lowest BCUT2D eigenvalue weighted by Crippen LogP contribution is -2.53. The first-order valence-electron chi connectivity index (χ1n) is 15.4. The quantitative estimate of drug-likeness (QED) is 0.306. The number of fused-ring (bicyclic) bond motifs is 1. The first-order chi connectivity index (χ1) is 21.3. The van der Waals surface area contributed by atoms with Crippen molar-refractivity contribution in [3.05, 3.63) is 46.8 Å². The zero-order valence-corrected chi connectivity index (χ0v) is 27.1. The molecule has 2 N–H and O–H groups in total. The van der Waals surface area contributed by atoms with Crippen LogP contribution in [0.3, 0.4) is 0 Å². The highest BCUT2D eigenvalue weighted by atomic mass is 32.2. The number of nitriles is 1. The maximum Gasteiger partial charge on any atom is 0.175 e. The molecule has 0 atom stereocenters. The van der Waals surface area contributed by atoms with E-state index >= 15 is 0 Å². The van der Waals surface area contributed by atoms with E-state index in [1.165, 1.54) is 58.2 Å². The summed E-state index contributed by atoms with van der Waals surface area (Å²) in [5.74, 6) is 6.93. The number of anilines is 2. The van der Waals surface area contributed by atoms with E-state index in [-0.39, 0.29) is 4.90 Å². The molecule has 1 saturated carbocycles. The van der Waals surface area contributed by atoms with Crippen molar-refractivity contribution in [2.24, 2.45) is 5.41 Å². The molecule has 1 spiro atoms. The lowest BCUT2D eigenvalue weighted by molar-refractivity contribution is -0.143. The Hall–Kier alpha value is -3.28. The molecular weight excluding hydrogens is 593 g/mol. The number of rotatable bonds is 8. The number of piperidine rings is 1. The molecule has 10 heteroatoms. The summed E-state index contributed by atoms with van der Waals surface area (Å²) in [5, 5.41) is 17.8. The van der Waals surface area contributed by atoms with E-state index in [1.54, 1.807) is 23.5 Å². The van der Waals surface area contributed by atoms with E-state index in [9.17, 15) is 13.7 Å². The molecule has 8 nitrogen and oxygen atoms in total. The third-order valence-electron chi connectivity index (χ3n) is 9.49. The molecule has 2 aliphatic heterocycles. The van der Waals surface area contributed by atoms with Crippen LogP contribution in [0.2, 0.25) is 0 Å². The van der Waals surface area contributed by atoms with Gasteiger partial charge in [-0.25, -0.2) is 8.42 Å². The molecule has 1 aliphatic carbocycles. The molecule has 3 aromatic rings. The summed E-state index contributed by atoms with van der Waals surface area (Å²) in [5.41, 5.74) is 3.26. The number of hydrogen-bond donors (Lipinski definition) is 2. The fourth-order valence-corrected chi connectivity index (χ4v) is 8.61. The zero-order valence-electron chi connectivity index (χ0n) is 25.4. The van der Waals surface area contributed by atoms with Gasteiger partial charge in [0.1, 0.15) is 5.75 Å². The molecule has 0 radical (unpaired) electrons. The number of sulfone groups is 1. The van der Waals surface area contributed by atoms with Crippen LogP contribution < -0.4 is 15.4 Å². The predicted octanol–water partition coefficient (Wildman–Crippen LogP) is 5.68. The van der Waals surface area contributed by atoms with Gasteiger partial charge in [-0.15, -0.1) is 11.3 Å². The Labute approximate surface area is 264 Å². The minimum atomic E-state index is -3.33. The van der Waals surface area contributed by atoms with Crippen molar-refractivity contribution in [2.75, 3.05) is 56.8 Å². The molecule has 0 amide bonds. The second-order valence-electron chi connectivity index (χ2n) is 12.4. The fourth-order valence-electron chi connectivity index (χ4n) is 6.80. The Kier molecular flexibility index (Phi) is 9.07. The highest BCUT2D eigenvalue weighted by Gasteiger charge is 2.42. The summed E-state index contributed by atoms with van der Waals surface area (Å²) in [6, 6.07) is 14.5. The van der Waals surface area contributed by atoms with Gasteiger partial charge < -0.3 is 25.0 Å². The smallest absolute Gasteiger partial charge is 0.175 e. The minimum Gasteiger partial charge on any atom is -0.495 e. The van der Waals surface area contributed by atoms with Crippen LogP contribution in [0.15, 0.2) is 41.3 Å². The molecule has 1 aromatic heterocycles. The summed E-state index contributed by atoms with van der Waals surface area (Å²) >= 11 is 1.64. The minimum absolute atomic E-state index is 0.203. The Balaban J connectivity index is 1.11. The van der Waals surface area contributed by atoms with Crippen LogP contribution in [0.1, 0.15) is 49.0 Å². The van der Waals surface area contributed by atoms with E-state index < -0.39 is 9.84 Å². The number of ether oxygens (including phenoxy) is 2. The molecule has 3 heterocycles. The van der Waals surface area contributed by atoms with Crippen LogP contribution in [0.4, 0.5) is 11.4 Å². The van der Waals surface area contributed by atoms with E-state index in [0.29, 0.717) is 41.9 Å². The topological polar surface area (TPSA) is 104 Å². The summed E-state index contributed by atoms with van der Waals surface area (Å²) in [4.78, 5) is 3.84. The summed E-state index contributed by atoms with van der Waals surface area (Å²) in [6.07, 6.45) is 8.82. The first-order valence-corrected chi connectivity index (χ1v) is 18.1. The average Bonchev–Trinajstić information content (AvgIpc) is 3.36. The van der Waals surface area contributed by atoms with Crippen molar-refractivity contribution in [3.63, 3.8) is 0 Å². The highest BCUT2D eigenvalue weighted by molar-refractivity contribution is 7.90. The predicted molar refractivity (Wildman–Crippen MR) is 176 cm³/mol. The van der Waals surface area contributed by atoms with Gasteiger partial charge in [0.25, 0.3) is 0 Å². The van der Waals surface area contributed by atoms with Gasteiger partial charge in [-0.2, -0.15) is 5.26 Å². The number of nitrogens with one attached hydrogen (secondary N) is 2. The van der Waals surface area contributed by atoms with Crippen molar-refractivity contribution in [2.45, 2.75) is 61.9 Å². The SMILES string of the molecule is COc1cc(S(C)(=O)=O)ccc1NCC#Cc1sc2c(NC3CCC(N4CCC5(CC4)COC5)CC3)cccc2c1CC#N. The second-order valence-corrected chi connectivity index (χ2v) is 15.4. The van der Waals surface area contributed by atoms with Gasteiger partial charge in [0.15, 0.2) is 9.84 Å². The van der Waals surface area contributed by atoms with Crippen LogP contribution in [-0.2, 0) is 21.0 Å². The van der Waals surface area contributed by atoms with Crippen LogP contribution in [0, 0.1) is 28.6 Å². The normalized spacial score (nSPS) is 21.6. The maximum absolute atomic E-state index is 11.9. The number of thiophene rings is 1. The van der Waals surface area contributed by atoms with Crippen molar-refractivity contribution in [1.82, 2.24) is 4.90 Å². The van der Waals surface area contributed by atoms with E-state index in [0.717, 1.165) is 52.3 Å². The Morgan fingerprint density at radius 2 is 1.89 bits per heavy atom. The van der Waals surface area contributed by atoms with Gasteiger partial charge in [-0.3, -0.25) is 0 Å². The lowest BCUT2D eigenvalue weighted by Gasteiger charge is -2.49. The molecule has 3 fully saturated rings. The lowest BCUT2D eigenvalue weighted by atomic mass is 9.76. The van der Waals surface area contributed by atoms with Crippen LogP contribution in [0.5, 0.6) is 5.75 Å². The molecule has 232 valence electrons. The Morgan fingerprint density at radius 1 is 1.11 bits per heavy atom. The van der Waals surface area contributed by atoms with E-state index in [1.807, 2.05) is 0 Å². The van der Waals surface area contributed by atoms with Gasteiger partial charge in [0.05, 0.1) is 65.2 Å². The highest BCUT2D eigenvalue weighted by Crippen LogP contribution is 2.41.